The van der Waals surface area contributed by atoms with Crippen molar-refractivity contribution in [2.24, 2.45) is 5.41 Å². The molecule has 1 unspecified atom stereocenters. The predicted octanol–water partition coefficient (Wildman–Crippen LogP) is 6.26. The van der Waals surface area contributed by atoms with E-state index in [0.29, 0.717) is 25.9 Å². The third-order valence-corrected chi connectivity index (χ3v) is 7.39. The van der Waals surface area contributed by atoms with Crippen LogP contribution in [0.5, 0.6) is 0 Å². The van der Waals surface area contributed by atoms with Gasteiger partial charge < -0.3 is 10.2 Å². The molecule has 37 heavy (non-hydrogen) atoms. The Morgan fingerprint density at radius 3 is 2.38 bits per heavy atom. The van der Waals surface area contributed by atoms with Crippen molar-refractivity contribution in [1.82, 2.24) is 14.7 Å². The van der Waals surface area contributed by atoms with E-state index >= 15 is 0 Å². The van der Waals surface area contributed by atoms with Gasteiger partial charge in [-0.2, -0.15) is 5.10 Å². The van der Waals surface area contributed by atoms with Crippen LogP contribution in [-0.4, -0.2) is 33.8 Å². The molecule has 2 heterocycles. The van der Waals surface area contributed by atoms with Crippen LogP contribution in [0.4, 0.5) is 19.3 Å². The zero-order valence-corrected chi connectivity index (χ0v) is 20.2. The minimum atomic E-state index is -0.340. The van der Waals surface area contributed by atoms with E-state index in [4.69, 9.17) is 0 Å². The molecule has 1 N–H and O–H groups in total. The highest BCUT2D eigenvalue weighted by molar-refractivity contribution is 5.89. The first-order valence-corrected chi connectivity index (χ1v) is 12.4. The molecule has 6 rings (SSSR count). The van der Waals surface area contributed by atoms with Gasteiger partial charge in [-0.05, 0) is 85.0 Å². The number of aromatic nitrogens is 2. The number of piperidine rings is 1. The van der Waals surface area contributed by atoms with Gasteiger partial charge in [0.2, 0.25) is 0 Å². The second-order valence-corrected chi connectivity index (χ2v) is 9.84. The zero-order valence-electron chi connectivity index (χ0n) is 20.2. The van der Waals surface area contributed by atoms with Gasteiger partial charge >= 0.3 is 6.03 Å². The number of amides is 2. The molecule has 0 bridgehead atoms. The number of hydrogen-bond donors (Lipinski definition) is 1. The Hall–Kier alpha value is -4.26. The first-order chi connectivity index (χ1) is 18.0. The van der Waals surface area contributed by atoms with E-state index in [1.165, 1.54) is 29.8 Å². The summed E-state index contributed by atoms with van der Waals surface area (Å²) in [5, 5.41) is 7.64. The highest BCUT2D eigenvalue weighted by Crippen LogP contribution is 2.46. The van der Waals surface area contributed by atoms with Crippen molar-refractivity contribution in [1.29, 1.82) is 0 Å². The van der Waals surface area contributed by atoms with Crippen molar-refractivity contribution in [2.45, 2.75) is 19.3 Å². The largest absolute Gasteiger partial charge is 0.323 e. The highest BCUT2D eigenvalue weighted by atomic mass is 19.1. The summed E-state index contributed by atoms with van der Waals surface area (Å²) in [7, 11) is 0. The van der Waals surface area contributed by atoms with E-state index in [9.17, 15) is 13.6 Å². The third-order valence-electron chi connectivity index (χ3n) is 7.39. The Morgan fingerprint density at radius 2 is 1.65 bits per heavy atom. The summed E-state index contributed by atoms with van der Waals surface area (Å²) in [6.45, 7) is 1.13. The smallest absolute Gasteiger partial charge is 0.321 e. The van der Waals surface area contributed by atoms with E-state index < -0.39 is 0 Å². The number of nitrogens with one attached hydrogen (secondary N) is 1. The van der Waals surface area contributed by atoms with Gasteiger partial charge in [0, 0.05) is 24.2 Å². The molecule has 0 radical (unpaired) electrons. The third kappa shape index (κ3) is 4.53. The number of halogens is 2. The van der Waals surface area contributed by atoms with Crippen LogP contribution in [0.25, 0.3) is 11.8 Å². The molecule has 2 aliphatic rings. The molecule has 2 amide bonds. The van der Waals surface area contributed by atoms with Crippen molar-refractivity contribution >= 4 is 17.8 Å². The SMILES string of the molecule is O=C(Nc1ccccc1)N1CCC2=Cc3c(cnn3-c3ccc(F)cc3)CC2(Cc2ccc(F)cc2)C1. The Labute approximate surface area is 214 Å². The first kappa shape index (κ1) is 23.2. The fourth-order valence-corrected chi connectivity index (χ4v) is 5.58. The van der Waals surface area contributed by atoms with Crippen LogP contribution in [0.15, 0.2) is 90.6 Å². The molecule has 4 aromatic rings. The van der Waals surface area contributed by atoms with Crippen LogP contribution >= 0.6 is 0 Å². The number of urea groups is 1. The fourth-order valence-electron chi connectivity index (χ4n) is 5.58. The quantitative estimate of drug-likeness (QED) is 0.363. The Kier molecular flexibility index (Phi) is 5.83. The second-order valence-electron chi connectivity index (χ2n) is 9.84. The molecule has 5 nitrogen and oxygen atoms in total. The van der Waals surface area contributed by atoms with Crippen LogP contribution in [0.3, 0.4) is 0 Å². The molecule has 0 spiro atoms. The molecule has 186 valence electrons. The molecular formula is C30H26F2N4O. The molecule has 7 heteroatoms. The first-order valence-electron chi connectivity index (χ1n) is 12.4. The van der Waals surface area contributed by atoms with E-state index in [1.807, 2.05) is 58.2 Å². The van der Waals surface area contributed by atoms with Gasteiger partial charge in [-0.25, -0.2) is 18.3 Å². The number of para-hydroxylation sites is 1. The summed E-state index contributed by atoms with van der Waals surface area (Å²) in [6, 6.07) is 22.2. The number of rotatable bonds is 4. The number of anilines is 1. The molecule has 1 fully saturated rings. The number of hydrogen-bond acceptors (Lipinski definition) is 2. The zero-order chi connectivity index (χ0) is 25.4. The summed E-state index contributed by atoms with van der Waals surface area (Å²) in [6.07, 6.45) is 6.14. The van der Waals surface area contributed by atoms with Crippen LogP contribution in [0.1, 0.15) is 23.2 Å². The highest BCUT2D eigenvalue weighted by Gasteiger charge is 2.44. The summed E-state index contributed by atoms with van der Waals surface area (Å²) >= 11 is 0. The van der Waals surface area contributed by atoms with E-state index in [-0.39, 0.29) is 23.1 Å². The molecule has 3 aromatic carbocycles. The van der Waals surface area contributed by atoms with Gasteiger partial charge in [-0.3, -0.25) is 0 Å². The Bertz CT molecular complexity index is 1460. The normalized spacial score (nSPS) is 18.5. The fraction of sp³-hybridized carbons (Fsp3) is 0.200. The van der Waals surface area contributed by atoms with Crippen LogP contribution in [-0.2, 0) is 12.8 Å². The molecule has 1 aliphatic heterocycles. The van der Waals surface area contributed by atoms with Gasteiger partial charge in [-0.1, -0.05) is 35.9 Å². The van der Waals surface area contributed by atoms with Gasteiger partial charge in [0.15, 0.2) is 0 Å². The van der Waals surface area contributed by atoms with Gasteiger partial charge in [0.25, 0.3) is 0 Å². The summed E-state index contributed by atoms with van der Waals surface area (Å²) in [5.74, 6) is -0.557. The van der Waals surface area contributed by atoms with Crippen molar-refractivity contribution < 1.29 is 13.6 Å². The molecular weight excluding hydrogens is 470 g/mol. The summed E-state index contributed by atoms with van der Waals surface area (Å²) in [4.78, 5) is 15.1. The minimum Gasteiger partial charge on any atom is -0.323 e. The number of benzene rings is 3. The number of carbonyl (C=O) groups excluding carboxylic acids is 1. The lowest BCUT2D eigenvalue weighted by molar-refractivity contribution is 0.153. The van der Waals surface area contributed by atoms with Gasteiger partial charge in [0.05, 0.1) is 17.6 Å². The predicted molar refractivity (Wildman–Crippen MR) is 139 cm³/mol. The summed E-state index contributed by atoms with van der Waals surface area (Å²) in [5.41, 5.74) is 5.54. The number of fused-ring (bicyclic) bond motifs is 2. The second kappa shape index (κ2) is 9.32. The number of carbonyl (C=O) groups is 1. The molecule has 1 saturated heterocycles. The van der Waals surface area contributed by atoms with Crippen LogP contribution < -0.4 is 5.32 Å². The Balaban J connectivity index is 1.35. The van der Waals surface area contributed by atoms with E-state index in [2.05, 4.69) is 16.5 Å². The Morgan fingerprint density at radius 1 is 0.946 bits per heavy atom. The average Bonchev–Trinajstić information content (AvgIpc) is 3.31. The average molecular weight is 497 g/mol. The number of likely N-dealkylation sites (tertiary alicyclic amines) is 1. The van der Waals surface area contributed by atoms with E-state index in [0.717, 1.165) is 34.6 Å². The van der Waals surface area contributed by atoms with Crippen LogP contribution in [0.2, 0.25) is 0 Å². The van der Waals surface area contributed by atoms with Crippen molar-refractivity contribution in [3.63, 3.8) is 0 Å². The molecule has 1 aromatic heterocycles. The van der Waals surface area contributed by atoms with Gasteiger partial charge in [-0.15, -0.1) is 0 Å². The molecule has 0 saturated carbocycles. The lowest BCUT2D eigenvalue weighted by Gasteiger charge is -2.47. The lowest BCUT2D eigenvalue weighted by atomic mass is 9.65. The molecule has 1 atom stereocenters. The number of nitrogens with zero attached hydrogens (tertiary/aromatic N) is 3. The van der Waals surface area contributed by atoms with Crippen LogP contribution in [0, 0.1) is 17.0 Å². The maximum atomic E-state index is 13.7. The molecule has 1 aliphatic carbocycles. The maximum Gasteiger partial charge on any atom is 0.321 e. The maximum absolute atomic E-state index is 13.7. The summed E-state index contributed by atoms with van der Waals surface area (Å²) < 4.78 is 29.0. The standard InChI is InChI=1S/C30H26F2N4O/c31-24-8-6-21(7-9-24)17-30-18-22-19-33-36(27-12-10-25(32)11-13-27)28(22)16-23(30)14-15-35(20-30)29(37)34-26-4-2-1-3-5-26/h1-13,16,19H,14-15,17-18,20H2,(H,34,37). The lowest BCUT2D eigenvalue weighted by Crippen LogP contribution is -2.51. The topological polar surface area (TPSA) is 50.2 Å². The monoisotopic (exact) mass is 496 g/mol. The minimum absolute atomic E-state index is 0.128. The van der Waals surface area contributed by atoms with Crippen molar-refractivity contribution in [2.75, 3.05) is 18.4 Å². The van der Waals surface area contributed by atoms with Gasteiger partial charge in [0.1, 0.15) is 11.6 Å². The van der Waals surface area contributed by atoms with Crippen molar-refractivity contribution in [3.05, 3.63) is 119 Å². The van der Waals surface area contributed by atoms with Crippen molar-refractivity contribution in [3.8, 4) is 5.69 Å². The van der Waals surface area contributed by atoms with E-state index in [1.54, 1.807) is 12.1 Å².